The van der Waals surface area contributed by atoms with Gasteiger partial charge >= 0.3 is 0 Å². The molecule has 14 rings (SSSR count). The molecule has 84 heavy (non-hydrogen) atoms. The number of aromatic nitrogens is 4. The Balaban J connectivity index is 1.01. The molecule has 6 heteroatoms. The Morgan fingerprint density at radius 3 is 1.90 bits per heavy atom. The van der Waals surface area contributed by atoms with Gasteiger partial charge < -0.3 is 4.74 Å². The third-order valence-corrected chi connectivity index (χ3v) is 18.8. The Morgan fingerprint density at radius 2 is 1.17 bits per heavy atom. The van der Waals surface area contributed by atoms with Gasteiger partial charge in [-0.2, -0.15) is 0 Å². The van der Waals surface area contributed by atoms with Crippen LogP contribution in [0.2, 0.25) is 0 Å². The summed E-state index contributed by atoms with van der Waals surface area (Å²) in [7, 11) is -6.27. The molecule has 0 bridgehead atoms. The Bertz CT molecular complexity index is 6170. The van der Waals surface area contributed by atoms with Gasteiger partial charge in [-0.1, -0.05) is 245 Å². The molecule has 14 aromatic rings. The van der Waals surface area contributed by atoms with Crippen molar-refractivity contribution >= 4 is 61.7 Å². The first kappa shape index (κ1) is 29.2. The minimum absolute atomic E-state index is 0.0489. The van der Waals surface area contributed by atoms with Crippen molar-refractivity contribution in [2.24, 2.45) is 0 Å². The molecule has 0 N–H and O–H groups in total. The smallest absolute Gasteiger partial charge is 0.269 e. The molecule has 0 amide bonds. The zero-order chi connectivity index (χ0) is 82.0. The lowest BCUT2D eigenvalue weighted by atomic mass is 9.83. The molecule has 0 radical (unpaired) electrons. The van der Waals surface area contributed by atoms with Gasteiger partial charge in [0, 0.05) is 36.8 Å². The molecule has 0 aliphatic heterocycles. The maximum absolute atomic E-state index is 10.9. The molecule has 0 saturated heterocycles. The van der Waals surface area contributed by atoms with Crippen molar-refractivity contribution in [2.45, 2.75) is 39.9 Å². The average molecular weight is 1130 g/mol. The third-order valence-electron chi connectivity index (χ3n) is 14.8. The van der Waals surface area contributed by atoms with E-state index in [0.717, 1.165) is 17.3 Å². The number of fused-ring (bicyclic) bond motifs is 4. The van der Waals surface area contributed by atoms with Crippen LogP contribution >= 0.6 is 0 Å². The van der Waals surface area contributed by atoms with E-state index >= 15 is 0 Å². The van der Waals surface area contributed by atoms with Crippen molar-refractivity contribution in [3.8, 4) is 62.1 Å². The van der Waals surface area contributed by atoms with Crippen LogP contribution < -0.4 is 30.1 Å². The molecular weight excluding hydrogens is 1040 g/mol. The number of benzene rings is 11. The zero-order valence-electron chi connectivity index (χ0n) is 74.1. The number of para-hydroxylation sites is 2. The Labute approximate surface area is 533 Å². The van der Waals surface area contributed by atoms with Gasteiger partial charge in [-0.15, -0.1) is 0 Å². The van der Waals surface area contributed by atoms with Crippen molar-refractivity contribution < 1.29 is 49.1 Å². The quantitative estimate of drug-likeness (QED) is 0.0529. The highest BCUT2D eigenvalue weighted by Crippen LogP contribution is 2.39. The first-order valence-corrected chi connectivity index (χ1v) is 28.5. The summed E-state index contributed by atoms with van der Waals surface area (Å²) in [5.74, 6) is 0.578. The summed E-state index contributed by atoms with van der Waals surface area (Å²) in [5.41, 5.74) is 1.01. The van der Waals surface area contributed by atoms with Crippen molar-refractivity contribution in [2.75, 3.05) is 0 Å². The average Bonchev–Trinajstić information content (AvgIpc) is 1.28. The standard InChI is InChI=1S/C78H62N4OSi/c1-54-25-18-19-38-66(54)70-52-79-76(47-55(70)2)82-72-42-21-20-39-68(72)69-45-44-61(51-74(69)82)83-60-30-23-29-59(50-60)80-53-81(73-46-43-57(49-75(73)80)56-26-10-6-11-27-56)77-67(40-24-41-71(77)78(3,4)5)58-28-22-37-65(48-58)84(62-31-12-7-13-32-62,63-33-14-8-15-34-63)64-35-16-9-17-36-64/h6-52H,1-5H3/i1D3,2D3,7D,8D,9D,12D,13D,14D,15D,16D,17D,18D,19D,22D,25D,28D,31D,32D,33D,34D,35D,36D,37D,38D,48D. The lowest BCUT2D eigenvalue weighted by molar-refractivity contribution is -0.572. The van der Waals surface area contributed by atoms with Crippen molar-refractivity contribution in [3.05, 3.63) is 308 Å². The first-order chi connectivity index (χ1) is 53.1. The summed E-state index contributed by atoms with van der Waals surface area (Å²) in [6, 6.07) is 16.9. The minimum atomic E-state index is -6.27. The number of nitrogens with zero attached hydrogens (tertiary/aromatic N) is 4. The number of rotatable bonds is 12. The van der Waals surface area contributed by atoms with Gasteiger partial charge in [-0.3, -0.25) is 13.7 Å². The van der Waals surface area contributed by atoms with Crippen molar-refractivity contribution in [1.29, 1.82) is 0 Å². The van der Waals surface area contributed by atoms with Gasteiger partial charge in [0.25, 0.3) is 6.33 Å². The molecule has 0 spiro atoms. The molecule has 0 aliphatic carbocycles. The number of hydrogen-bond donors (Lipinski definition) is 0. The van der Waals surface area contributed by atoms with Crippen molar-refractivity contribution in [3.63, 3.8) is 0 Å². The van der Waals surface area contributed by atoms with Crippen LogP contribution in [0.15, 0.2) is 285 Å². The molecule has 3 aromatic heterocycles. The van der Waals surface area contributed by atoms with E-state index in [0.29, 0.717) is 44.1 Å². The summed E-state index contributed by atoms with van der Waals surface area (Å²) < 4.78 is 278. The highest BCUT2D eigenvalue weighted by molar-refractivity contribution is 7.19. The van der Waals surface area contributed by atoms with Gasteiger partial charge in [0.15, 0.2) is 8.07 Å². The lowest BCUT2D eigenvalue weighted by Crippen LogP contribution is -2.74. The van der Waals surface area contributed by atoms with Crippen LogP contribution in [0, 0.1) is 20.0 Å². The second-order valence-corrected chi connectivity index (χ2v) is 24.3. The molecule has 11 aromatic carbocycles. The molecule has 0 aliphatic rings. The number of ether oxygens (including phenoxy) is 1. The number of imidazole rings is 1. The largest absolute Gasteiger partial charge is 0.458 e. The van der Waals surface area contributed by atoms with Crippen molar-refractivity contribution in [1.82, 2.24) is 14.1 Å². The van der Waals surface area contributed by atoms with E-state index in [4.69, 9.17) is 35.8 Å². The maximum Gasteiger partial charge on any atom is 0.269 e. The lowest BCUT2D eigenvalue weighted by Gasteiger charge is -2.35. The van der Waals surface area contributed by atoms with E-state index in [1.165, 1.54) is 12.1 Å². The summed E-state index contributed by atoms with van der Waals surface area (Å²) in [4.78, 5) is 4.70. The summed E-state index contributed by atoms with van der Waals surface area (Å²) in [6.07, 6.45) is 4.65. The third kappa shape index (κ3) is 9.12. The number of aryl methyl sites for hydroxylation is 1. The first-order valence-electron chi connectivity index (χ1n) is 41.0. The van der Waals surface area contributed by atoms with Crippen LogP contribution in [0.5, 0.6) is 11.5 Å². The van der Waals surface area contributed by atoms with Gasteiger partial charge in [-0.25, -0.2) is 4.98 Å². The number of hydrogen-bond acceptors (Lipinski definition) is 2. The van der Waals surface area contributed by atoms with Crippen LogP contribution in [-0.2, 0) is 5.41 Å². The minimum Gasteiger partial charge on any atom is -0.458 e. The van der Waals surface area contributed by atoms with Gasteiger partial charge in [0.05, 0.1) is 65.0 Å². The fourth-order valence-corrected chi connectivity index (χ4v) is 14.5. The topological polar surface area (TPSA) is 35.9 Å². The predicted octanol–water partition coefficient (Wildman–Crippen LogP) is 16.3. The van der Waals surface area contributed by atoms with Crippen LogP contribution in [-0.4, -0.2) is 22.2 Å². The fraction of sp³-hybridized carbons (Fsp3) is 0.0769. The fourth-order valence-electron chi connectivity index (χ4n) is 11.0. The maximum atomic E-state index is 10.9. The summed E-state index contributed by atoms with van der Waals surface area (Å²) >= 11 is 0. The van der Waals surface area contributed by atoms with E-state index < -0.39 is 209 Å². The second kappa shape index (κ2) is 21.3. The molecule has 0 saturated carbocycles. The SMILES string of the molecule is [2H]c1c([2H])c([2H])c([Si](c2c([2H])c([2H])c([2H])c([2H])c2[2H])(c2c([2H])c([2H])c([2H])c([2H])c2[2H])c2c([2H])c([2H])c([2H])c(-c3cccc(C(C)(C)C)c3-[n+]3[c-]n(-c4cccc(Oc5ccc6c7ccccc7n(-c7cc(C([2H])([2H])[2H])c(-c8c([2H])c([2H])c([2H])c([2H])c8C([2H])([2H])[2H])cn7)c6c5)c4)c4cc(-c5ccccc5)ccc43)c2[2H])c([2H])c1[2H]. The summed E-state index contributed by atoms with van der Waals surface area (Å²) in [5, 5.41) is -2.50. The highest BCUT2D eigenvalue weighted by atomic mass is 28.3. The van der Waals surface area contributed by atoms with Gasteiger partial charge in [0.2, 0.25) is 0 Å². The monoisotopic (exact) mass is 1130 g/mol. The van der Waals surface area contributed by atoms with E-state index in [1.807, 2.05) is 81.4 Å². The molecule has 5 nitrogen and oxygen atoms in total. The Hall–Kier alpha value is -10.1. The van der Waals surface area contributed by atoms with Crippen LogP contribution in [0.25, 0.3) is 83.4 Å². The number of pyridine rings is 1. The Kier molecular flexibility index (Phi) is 7.41. The second-order valence-electron chi connectivity index (χ2n) is 20.8. The molecule has 0 atom stereocenters. The zero-order valence-corrected chi connectivity index (χ0v) is 46.1. The summed E-state index contributed by atoms with van der Waals surface area (Å²) in [6.45, 7) is -0.473. The van der Waals surface area contributed by atoms with E-state index in [1.54, 1.807) is 80.4 Å². The van der Waals surface area contributed by atoms with Crippen LogP contribution in [0.4, 0.5) is 0 Å². The Morgan fingerprint density at radius 1 is 0.500 bits per heavy atom. The van der Waals surface area contributed by atoms with Crippen LogP contribution in [0.1, 0.15) is 77.2 Å². The highest BCUT2D eigenvalue weighted by Gasteiger charge is 2.41. The predicted molar refractivity (Wildman–Crippen MR) is 350 cm³/mol. The van der Waals surface area contributed by atoms with E-state index in [2.05, 4.69) is 6.33 Å². The van der Waals surface area contributed by atoms with Gasteiger partial charge in [0.1, 0.15) is 17.3 Å². The molecule has 404 valence electrons. The molecular formula is C78H62N4OSi. The molecule has 0 unspecified atom stereocenters. The van der Waals surface area contributed by atoms with Gasteiger partial charge in [-0.05, 0) is 133 Å². The molecule has 3 heterocycles. The van der Waals surface area contributed by atoms with E-state index in [9.17, 15) is 13.7 Å². The normalized spacial score (nSPS) is 17.1. The van der Waals surface area contributed by atoms with Crippen LogP contribution in [0.3, 0.4) is 0 Å². The van der Waals surface area contributed by atoms with E-state index in [-0.39, 0.29) is 34.1 Å². The molecule has 0 fully saturated rings.